The summed E-state index contributed by atoms with van der Waals surface area (Å²) in [6.45, 7) is 2.85. The molecule has 1 amide bonds. The fourth-order valence-corrected chi connectivity index (χ4v) is 4.76. The molecule has 1 saturated heterocycles. The number of nitrogens with zero attached hydrogens (tertiary/aromatic N) is 1. The van der Waals surface area contributed by atoms with Crippen molar-refractivity contribution in [1.82, 2.24) is 4.31 Å². The Morgan fingerprint density at radius 3 is 2.46 bits per heavy atom. The van der Waals surface area contributed by atoms with Crippen LogP contribution in [0.1, 0.15) is 28.8 Å². The molecule has 2 aromatic rings. The van der Waals surface area contributed by atoms with E-state index in [1.54, 1.807) is 24.3 Å². The predicted molar refractivity (Wildman–Crippen MR) is 112 cm³/mol. The van der Waals surface area contributed by atoms with Gasteiger partial charge in [-0.05, 0) is 49.6 Å². The third-order valence-electron chi connectivity index (χ3n) is 4.61. The van der Waals surface area contributed by atoms with E-state index in [4.69, 9.17) is 10.5 Å². The molecule has 0 unspecified atom stereocenters. The van der Waals surface area contributed by atoms with Gasteiger partial charge in [0.1, 0.15) is 10.6 Å². The summed E-state index contributed by atoms with van der Waals surface area (Å²) < 4.78 is 32.3. The van der Waals surface area contributed by atoms with E-state index in [2.05, 4.69) is 5.32 Å². The van der Waals surface area contributed by atoms with Crippen LogP contribution >= 0.6 is 12.4 Å². The van der Waals surface area contributed by atoms with E-state index in [1.807, 2.05) is 6.92 Å². The van der Waals surface area contributed by atoms with Crippen LogP contribution in [0.2, 0.25) is 0 Å². The highest BCUT2D eigenvalue weighted by molar-refractivity contribution is 7.89. The van der Waals surface area contributed by atoms with E-state index in [9.17, 15) is 13.2 Å². The number of benzene rings is 2. The van der Waals surface area contributed by atoms with Crippen molar-refractivity contribution in [2.45, 2.75) is 24.7 Å². The minimum absolute atomic E-state index is 0. The molecule has 3 rings (SSSR count). The smallest absolute Gasteiger partial charge is 0.256 e. The molecule has 152 valence electrons. The number of amides is 1. The number of methoxy groups -OCH3 is 1. The Kier molecular flexibility index (Phi) is 6.92. The van der Waals surface area contributed by atoms with Crippen molar-refractivity contribution >= 4 is 39.7 Å². The second kappa shape index (κ2) is 8.81. The molecule has 2 aromatic carbocycles. The molecule has 0 aromatic heterocycles. The number of carbonyl (C=O) groups excluding carboxylic acids is 1. The van der Waals surface area contributed by atoms with E-state index < -0.39 is 10.0 Å². The van der Waals surface area contributed by atoms with Crippen LogP contribution in [0.4, 0.5) is 11.4 Å². The van der Waals surface area contributed by atoms with Gasteiger partial charge in [0, 0.05) is 36.1 Å². The highest BCUT2D eigenvalue weighted by Crippen LogP contribution is 2.31. The van der Waals surface area contributed by atoms with Crippen molar-refractivity contribution < 1.29 is 17.9 Å². The van der Waals surface area contributed by atoms with Crippen molar-refractivity contribution in [2.24, 2.45) is 0 Å². The molecule has 0 radical (unpaired) electrons. The molecule has 28 heavy (non-hydrogen) atoms. The average Bonchev–Trinajstić information content (AvgIpc) is 3.19. The minimum atomic E-state index is -3.61. The number of nitrogen functional groups attached to an aromatic ring is 1. The number of aryl methyl sites for hydroxylation is 1. The van der Waals surface area contributed by atoms with Gasteiger partial charge in [-0.15, -0.1) is 12.4 Å². The normalized spacial score (nSPS) is 14.4. The van der Waals surface area contributed by atoms with Crippen LogP contribution in [0.5, 0.6) is 5.75 Å². The van der Waals surface area contributed by atoms with E-state index in [0.29, 0.717) is 30.0 Å². The molecule has 9 heteroatoms. The first-order valence-corrected chi connectivity index (χ1v) is 10.1. The molecule has 1 fully saturated rings. The average molecular weight is 426 g/mol. The van der Waals surface area contributed by atoms with Gasteiger partial charge >= 0.3 is 0 Å². The van der Waals surface area contributed by atoms with Gasteiger partial charge in [0.05, 0.1) is 7.11 Å². The highest BCUT2D eigenvalue weighted by atomic mass is 35.5. The minimum Gasteiger partial charge on any atom is -0.495 e. The summed E-state index contributed by atoms with van der Waals surface area (Å²) in [5.41, 5.74) is 7.95. The number of hydrogen-bond donors (Lipinski definition) is 2. The van der Waals surface area contributed by atoms with E-state index in [1.165, 1.54) is 23.5 Å². The first-order valence-electron chi connectivity index (χ1n) is 8.68. The summed E-state index contributed by atoms with van der Waals surface area (Å²) in [5, 5.41) is 2.77. The zero-order valence-electron chi connectivity index (χ0n) is 15.8. The Morgan fingerprint density at radius 1 is 1.14 bits per heavy atom. The van der Waals surface area contributed by atoms with Gasteiger partial charge in [-0.3, -0.25) is 4.79 Å². The SMILES string of the molecule is COc1cc(NC(=O)c2cc(N)ccc2C)ccc1S(=O)(=O)N1CCCC1.Cl. The lowest BCUT2D eigenvalue weighted by Crippen LogP contribution is -2.28. The second-order valence-corrected chi connectivity index (χ2v) is 8.41. The first-order chi connectivity index (χ1) is 12.8. The molecular formula is C19H24ClN3O4S. The predicted octanol–water partition coefficient (Wildman–Crippen LogP) is 3.04. The summed E-state index contributed by atoms with van der Waals surface area (Å²) in [6.07, 6.45) is 1.71. The fraction of sp³-hybridized carbons (Fsp3) is 0.316. The van der Waals surface area contributed by atoms with Crippen LogP contribution in [0, 0.1) is 6.92 Å². The summed E-state index contributed by atoms with van der Waals surface area (Å²) in [5.74, 6) is -0.124. The highest BCUT2D eigenvalue weighted by Gasteiger charge is 2.30. The molecule has 1 aliphatic rings. The van der Waals surface area contributed by atoms with Gasteiger partial charge in [-0.2, -0.15) is 4.31 Å². The lowest BCUT2D eigenvalue weighted by atomic mass is 10.1. The molecule has 7 nitrogen and oxygen atoms in total. The van der Waals surface area contributed by atoms with Crippen molar-refractivity contribution in [2.75, 3.05) is 31.2 Å². The number of rotatable bonds is 5. The topological polar surface area (TPSA) is 102 Å². The van der Waals surface area contributed by atoms with Gasteiger partial charge in [0.2, 0.25) is 10.0 Å². The van der Waals surface area contributed by atoms with Crippen LogP contribution in [0.3, 0.4) is 0 Å². The number of hydrogen-bond acceptors (Lipinski definition) is 5. The third-order valence-corrected chi connectivity index (χ3v) is 6.55. The Labute approximate surface area is 171 Å². The number of ether oxygens (including phenoxy) is 1. The standard InChI is InChI=1S/C19H23N3O4S.ClH/c1-13-5-6-14(20)11-16(13)19(23)21-15-7-8-18(17(12-15)26-2)27(24,25)22-9-3-4-10-22;/h5-8,11-12H,3-4,9-10,20H2,1-2H3,(H,21,23);1H. The van der Waals surface area contributed by atoms with Crippen LogP contribution in [0.15, 0.2) is 41.3 Å². The number of nitrogens with one attached hydrogen (secondary N) is 1. The summed E-state index contributed by atoms with van der Waals surface area (Å²) in [6, 6.07) is 9.65. The molecule has 0 aliphatic carbocycles. The maximum absolute atomic E-state index is 12.8. The molecule has 1 heterocycles. The second-order valence-electron chi connectivity index (χ2n) is 6.51. The van der Waals surface area contributed by atoms with Crippen LogP contribution in [-0.2, 0) is 10.0 Å². The van der Waals surface area contributed by atoms with E-state index in [-0.39, 0.29) is 29.0 Å². The van der Waals surface area contributed by atoms with Gasteiger partial charge in [-0.25, -0.2) is 8.42 Å². The number of anilines is 2. The lowest BCUT2D eigenvalue weighted by Gasteiger charge is -2.18. The monoisotopic (exact) mass is 425 g/mol. The lowest BCUT2D eigenvalue weighted by molar-refractivity contribution is 0.102. The van der Waals surface area contributed by atoms with Crippen LogP contribution < -0.4 is 15.8 Å². The molecular weight excluding hydrogens is 402 g/mol. The number of sulfonamides is 1. The Morgan fingerprint density at radius 2 is 1.82 bits per heavy atom. The summed E-state index contributed by atoms with van der Waals surface area (Å²) >= 11 is 0. The quantitative estimate of drug-likeness (QED) is 0.717. The zero-order chi connectivity index (χ0) is 19.6. The van der Waals surface area contributed by atoms with E-state index in [0.717, 1.165) is 18.4 Å². The first kappa shape index (κ1) is 22.0. The van der Waals surface area contributed by atoms with Gasteiger partial charge in [0.25, 0.3) is 5.91 Å². The molecule has 0 spiro atoms. The van der Waals surface area contributed by atoms with Gasteiger partial charge < -0.3 is 15.8 Å². The van der Waals surface area contributed by atoms with Crippen LogP contribution in [0.25, 0.3) is 0 Å². The fourth-order valence-electron chi connectivity index (χ4n) is 3.11. The van der Waals surface area contributed by atoms with Crippen LogP contribution in [-0.4, -0.2) is 38.8 Å². The molecule has 0 atom stereocenters. The Hall–Kier alpha value is -2.29. The number of carbonyl (C=O) groups is 1. The van der Waals surface area contributed by atoms with Crippen molar-refractivity contribution in [1.29, 1.82) is 0 Å². The third kappa shape index (κ3) is 4.40. The summed E-state index contributed by atoms with van der Waals surface area (Å²) in [4.78, 5) is 12.6. The largest absolute Gasteiger partial charge is 0.495 e. The molecule has 3 N–H and O–H groups in total. The number of halogens is 1. The summed E-state index contributed by atoms with van der Waals surface area (Å²) in [7, 11) is -2.20. The Bertz CT molecular complexity index is 973. The van der Waals surface area contributed by atoms with Gasteiger partial charge in [-0.1, -0.05) is 6.07 Å². The number of nitrogens with two attached hydrogens (primary N) is 1. The van der Waals surface area contributed by atoms with Crippen molar-refractivity contribution in [3.63, 3.8) is 0 Å². The van der Waals surface area contributed by atoms with E-state index >= 15 is 0 Å². The molecule has 1 aliphatic heterocycles. The zero-order valence-corrected chi connectivity index (χ0v) is 17.4. The van der Waals surface area contributed by atoms with Gasteiger partial charge in [0.15, 0.2) is 0 Å². The van der Waals surface area contributed by atoms with Crippen molar-refractivity contribution in [3.8, 4) is 5.75 Å². The molecule has 0 bridgehead atoms. The maximum Gasteiger partial charge on any atom is 0.256 e. The Balaban J connectivity index is 0.00000280. The molecule has 0 saturated carbocycles. The maximum atomic E-state index is 12.8. The van der Waals surface area contributed by atoms with Crippen molar-refractivity contribution in [3.05, 3.63) is 47.5 Å².